The predicted molar refractivity (Wildman–Crippen MR) is 105 cm³/mol. The number of likely N-dealkylation sites (N-methyl/N-ethyl adjacent to an activating group) is 1. The van der Waals surface area contributed by atoms with Gasteiger partial charge in [0.2, 0.25) is 0 Å². The van der Waals surface area contributed by atoms with Gasteiger partial charge in [0.05, 0.1) is 5.69 Å². The molecular weight excluding hydrogens is 340 g/mol. The van der Waals surface area contributed by atoms with E-state index in [9.17, 15) is 9.59 Å². The summed E-state index contributed by atoms with van der Waals surface area (Å²) in [5, 5.41) is 0. The average molecular weight is 362 g/mol. The first-order valence-corrected chi connectivity index (χ1v) is 8.77. The van der Waals surface area contributed by atoms with Gasteiger partial charge in [-0.3, -0.25) is 9.78 Å². The molecule has 2 heterocycles. The first kappa shape index (κ1) is 18.5. The quantitative estimate of drug-likeness (QED) is 0.757. The number of aryl methyl sites for hydroxylation is 2. The first-order valence-electron chi connectivity index (χ1n) is 8.77. The predicted octanol–water partition coefficient (Wildman–Crippen LogP) is 2.76. The number of amides is 1. The first-order chi connectivity index (χ1) is 12.9. The molecule has 1 N–H and O–H groups in total. The van der Waals surface area contributed by atoms with E-state index in [4.69, 9.17) is 0 Å². The van der Waals surface area contributed by atoms with Gasteiger partial charge >= 0.3 is 5.69 Å². The minimum Gasteiger partial charge on any atom is -0.340 e. The maximum atomic E-state index is 12.7. The molecule has 1 amide bonds. The lowest BCUT2D eigenvalue weighted by molar-refractivity contribution is 0.0790. The number of H-pyrrole nitrogens is 1. The molecular formula is C21H22N4O2. The Bertz CT molecular complexity index is 1010. The third-order valence-corrected chi connectivity index (χ3v) is 4.61. The fraction of sp³-hybridized carbons (Fsp3) is 0.238. The molecule has 0 atom stereocenters. The highest BCUT2D eigenvalue weighted by molar-refractivity contribution is 5.93. The third kappa shape index (κ3) is 4.47. The molecule has 0 fully saturated rings. The highest BCUT2D eigenvalue weighted by atomic mass is 16.2. The van der Waals surface area contributed by atoms with E-state index in [0.717, 1.165) is 22.3 Å². The summed E-state index contributed by atoms with van der Waals surface area (Å²) in [6, 6.07) is 11.3. The van der Waals surface area contributed by atoms with Crippen molar-refractivity contribution in [1.82, 2.24) is 19.9 Å². The second-order valence-electron chi connectivity index (χ2n) is 6.62. The summed E-state index contributed by atoms with van der Waals surface area (Å²) in [4.78, 5) is 36.9. The van der Waals surface area contributed by atoms with Crippen LogP contribution in [0.5, 0.6) is 0 Å². The molecule has 0 unspecified atom stereocenters. The van der Waals surface area contributed by atoms with Gasteiger partial charge in [-0.1, -0.05) is 12.1 Å². The van der Waals surface area contributed by atoms with E-state index >= 15 is 0 Å². The Balaban J connectivity index is 1.81. The van der Waals surface area contributed by atoms with Gasteiger partial charge in [0.25, 0.3) is 5.91 Å². The van der Waals surface area contributed by atoms with Crippen LogP contribution in [0, 0.1) is 13.8 Å². The molecule has 3 aromatic rings. The molecule has 0 aliphatic rings. The molecule has 0 bridgehead atoms. The van der Waals surface area contributed by atoms with Crippen LogP contribution in [0.4, 0.5) is 0 Å². The van der Waals surface area contributed by atoms with Crippen molar-refractivity contribution >= 4 is 5.91 Å². The zero-order chi connectivity index (χ0) is 19.4. The summed E-state index contributed by atoms with van der Waals surface area (Å²) in [5.41, 5.74) is 4.39. The van der Waals surface area contributed by atoms with Crippen LogP contribution in [0.3, 0.4) is 0 Å². The Morgan fingerprint density at radius 2 is 1.81 bits per heavy atom. The second kappa shape index (κ2) is 7.95. The van der Waals surface area contributed by atoms with Crippen molar-refractivity contribution in [3.05, 3.63) is 81.7 Å². The van der Waals surface area contributed by atoms with Crippen LogP contribution in [0.2, 0.25) is 0 Å². The molecule has 3 rings (SSSR count). The molecule has 0 aliphatic carbocycles. The van der Waals surface area contributed by atoms with Gasteiger partial charge in [-0.2, -0.15) is 4.98 Å². The normalized spacial score (nSPS) is 10.6. The van der Waals surface area contributed by atoms with Gasteiger partial charge in [-0.05, 0) is 61.2 Å². The number of pyridine rings is 1. The lowest BCUT2D eigenvalue weighted by atomic mass is 10.0. The van der Waals surface area contributed by atoms with Crippen LogP contribution >= 0.6 is 0 Å². The molecule has 0 saturated carbocycles. The third-order valence-electron chi connectivity index (χ3n) is 4.61. The minimum absolute atomic E-state index is 0.237. The zero-order valence-electron chi connectivity index (χ0n) is 15.7. The number of nitrogens with one attached hydrogen (secondary N) is 1. The minimum atomic E-state index is -0.531. The standard InChI is InChI=1S/C21H22N4O2/c1-14-4-5-17(12-15(14)2)18-13-19(24-21(27)23-18)20(26)25(3)11-8-16-6-9-22-10-7-16/h4-7,9-10,12-13H,8,11H2,1-3H3,(H,23,24,27). The molecule has 6 heteroatoms. The maximum Gasteiger partial charge on any atom is 0.346 e. The summed E-state index contributed by atoms with van der Waals surface area (Å²) in [5.74, 6) is -0.242. The van der Waals surface area contributed by atoms with Gasteiger partial charge < -0.3 is 9.88 Å². The summed E-state index contributed by atoms with van der Waals surface area (Å²) in [7, 11) is 1.72. The number of benzene rings is 1. The molecule has 0 radical (unpaired) electrons. The molecule has 138 valence electrons. The topological polar surface area (TPSA) is 79.0 Å². The zero-order valence-corrected chi connectivity index (χ0v) is 15.7. The molecule has 2 aromatic heterocycles. The summed E-state index contributed by atoms with van der Waals surface area (Å²) in [6.07, 6.45) is 4.17. The van der Waals surface area contributed by atoms with E-state index in [1.54, 1.807) is 30.4 Å². The van der Waals surface area contributed by atoms with Gasteiger partial charge in [0, 0.05) is 31.5 Å². The monoisotopic (exact) mass is 362 g/mol. The second-order valence-corrected chi connectivity index (χ2v) is 6.62. The molecule has 0 spiro atoms. The Morgan fingerprint density at radius 1 is 1.07 bits per heavy atom. The van der Waals surface area contributed by atoms with E-state index in [0.29, 0.717) is 18.7 Å². The van der Waals surface area contributed by atoms with Crippen LogP contribution in [-0.2, 0) is 6.42 Å². The number of aromatic amines is 1. The number of rotatable bonds is 5. The van der Waals surface area contributed by atoms with Crippen molar-refractivity contribution in [2.75, 3.05) is 13.6 Å². The van der Waals surface area contributed by atoms with Crippen molar-refractivity contribution in [3.8, 4) is 11.3 Å². The molecule has 0 aliphatic heterocycles. The van der Waals surface area contributed by atoms with Crippen LogP contribution in [0.15, 0.2) is 53.6 Å². The van der Waals surface area contributed by atoms with Crippen LogP contribution in [0.25, 0.3) is 11.3 Å². The Kier molecular flexibility index (Phi) is 5.45. The number of hydrogen-bond donors (Lipinski definition) is 1. The van der Waals surface area contributed by atoms with Crippen molar-refractivity contribution in [1.29, 1.82) is 0 Å². The van der Waals surface area contributed by atoms with Crippen molar-refractivity contribution < 1.29 is 4.79 Å². The summed E-state index contributed by atoms with van der Waals surface area (Å²) < 4.78 is 0. The van der Waals surface area contributed by atoms with Crippen LogP contribution in [0.1, 0.15) is 27.2 Å². The lowest BCUT2D eigenvalue weighted by Crippen LogP contribution is -2.31. The van der Waals surface area contributed by atoms with E-state index in [2.05, 4.69) is 15.0 Å². The number of carbonyl (C=O) groups is 1. The molecule has 27 heavy (non-hydrogen) atoms. The van der Waals surface area contributed by atoms with Crippen molar-refractivity contribution in [2.45, 2.75) is 20.3 Å². The Labute approximate surface area is 157 Å². The van der Waals surface area contributed by atoms with Gasteiger partial charge in [-0.15, -0.1) is 0 Å². The summed E-state index contributed by atoms with van der Waals surface area (Å²) >= 11 is 0. The lowest BCUT2D eigenvalue weighted by Gasteiger charge is -2.17. The van der Waals surface area contributed by atoms with Crippen molar-refractivity contribution in [2.24, 2.45) is 0 Å². The fourth-order valence-electron chi connectivity index (χ4n) is 2.77. The van der Waals surface area contributed by atoms with E-state index < -0.39 is 5.69 Å². The SMILES string of the molecule is Cc1ccc(-c2cc(C(=O)N(C)CCc3ccncc3)[nH]c(=O)n2)cc1C. The highest BCUT2D eigenvalue weighted by Crippen LogP contribution is 2.20. The van der Waals surface area contributed by atoms with Crippen LogP contribution < -0.4 is 5.69 Å². The average Bonchev–Trinajstić information content (AvgIpc) is 2.68. The number of nitrogens with zero attached hydrogens (tertiary/aromatic N) is 3. The van der Waals surface area contributed by atoms with E-state index in [-0.39, 0.29) is 11.6 Å². The highest BCUT2D eigenvalue weighted by Gasteiger charge is 2.15. The van der Waals surface area contributed by atoms with Crippen LogP contribution in [-0.4, -0.2) is 39.4 Å². The summed E-state index contributed by atoms with van der Waals surface area (Å²) in [6.45, 7) is 4.56. The fourth-order valence-corrected chi connectivity index (χ4v) is 2.77. The number of carbonyl (C=O) groups excluding carboxylic acids is 1. The Hall–Kier alpha value is -3.28. The van der Waals surface area contributed by atoms with E-state index in [1.165, 1.54) is 0 Å². The van der Waals surface area contributed by atoms with Gasteiger partial charge in [-0.25, -0.2) is 4.79 Å². The molecule has 6 nitrogen and oxygen atoms in total. The molecule has 0 saturated heterocycles. The largest absolute Gasteiger partial charge is 0.346 e. The number of hydrogen-bond acceptors (Lipinski definition) is 4. The van der Waals surface area contributed by atoms with E-state index in [1.807, 2.05) is 44.2 Å². The van der Waals surface area contributed by atoms with Gasteiger partial charge in [0.15, 0.2) is 0 Å². The van der Waals surface area contributed by atoms with Crippen molar-refractivity contribution in [3.63, 3.8) is 0 Å². The molecule has 1 aromatic carbocycles. The number of aromatic nitrogens is 3. The maximum absolute atomic E-state index is 12.7. The van der Waals surface area contributed by atoms with Gasteiger partial charge in [0.1, 0.15) is 5.69 Å². The Morgan fingerprint density at radius 3 is 2.52 bits per heavy atom. The smallest absolute Gasteiger partial charge is 0.340 e.